The molecule has 0 saturated carbocycles. The normalized spacial score (nSPS) is 12.8. The molecule has 0 fully saturated rings. The van der Waals surface area contributed by atoms with Crippen molar-refractivity contribution in [2.75, 3.05) is 6.61 Å². The second-order valence-electron chi connectivity index (χ2n) is 2.40. The summed E-state index contributed by atoms with van der Waals surface area (Å²) in [6.45, 7) is 3.85. The highest BCUT2D eigenvalue weighted by atomic mass is 16.3. The standard InChI is InChI=1S/C8H16O2/c1-3-8(10,4-2)6-5-7-9/h5-6,9-10H,3-4,7H2,1-2H3/b6-5+. The van der Waals surface area contributed by atoms with Gasteiger partial charge in [0.2, 0.25) is 0 Å². The van der Waals surface area contributed by atoms with Crippen molar-refractivity contribution in [2.45, 2.75) is 32.3 Å². The van der Waals surface area contributed by atoms with Crippen LogP contribution in [0.15, 0.2) is 12.2 Å². The average molecular weight is 144 g/mol. The third kappa shape index (κ3) is 2.99. The van der Waals surface area contributed by atoms with Gasteiger partial charge in [-0.05, 0) is 12.8 Å². The van der Waals surface area contributed by atoms with Crippen LogP contribution in [0.5, 0.6) is 0 Å². The van der Waals surface area contributed by atoms with E-state index in [1.165, 1.54) is 0 Å². The van der Waals surface area contributed by atoms with E-state index in [0.29, 0.717) is 12.8 Å². The first kappa shape index (κ1) is 9.66. The third-order valence-electron chi connectivity index (χ3n) is 1.76. The van der Waals surface area contributed by atoms with E-state index in [1.54, 1.807) is 12.2 Å². The lowest BCUT2D eigenvalue weighted by molar-refractivity contribution is 0.0821. The Bertz CT molecular complexity index is 104. The minimum atomic E-state index is -0.706. The molecule has 2 nitrogen and oxygen atoms in total. The molecule has 60 valence electrons. The number of hydrogen-bond acceptors (Lipinski definition) is 2. The van der Waals surface area contributed by atoms with Crippen molar-refractivity contribution in [3.8, 4) is 0 Å². The van der Waals surface area contributed by atoms with Crippen LogP contribution in [0.2, 0.25) is 0 Å². The predicted octanol–water partition coefficient (Wildman–Crippen LogP) is 1.09. The van der Waals surface area contributed by atoms with Crippen LogP contribution in [0, 0.1) is 0 Å². The summed E-state index contributed by atoms with van der Waals surface area (Å²) in [4.78, 5) is 0. The Morgan fingerprint density at radius 2 is 1.80 bits per heavy atom. The third-order valence-corrected chi connectivity index (χ3v) is 1.76. The van der Waals surface area contributed by atoms with Gasteiger partial charge in [0, 0.05) is 0 Å². The van der Waals surface area contributed by atoms with E-state index in [-0.39, 0.29) is 6.61 Å². The number of aliphatic hydroxyl groups excluding tert-OH is 1. The van der Waals surface area contributed by atoms with Crippen LogP contribution in [0.25, 0.3) is 0 Å². The maximum absolute atomic E-state index is 9.56. The quantitative estimate of drug-likeness (QED) is 0.580. The molecule has 0 atom stereocenters. The molecule has 0 amide bonds. The van der Waals surface area contributed by atoms with E-state index in [4.69, 9.17) is 5.11 Å². The van der Waals surface area contributed by atoms with Gasteiger partial charge in [0.15, 0.2) is 0 Å². The second kappa shape index (κ2) is 4.47. The molecule has 10 heavy (non-hydrogen) atoms. The Hall–Kier alpha value is -0.340. The molecule has 0 radical (unpaired) electrons. The molecule has 0 rings (SSSR count). The topological polar surface area (TPSA) is 40.5 Å². The van der Waals surface area contributed by atoms with Gasteiger partial charge in [0.1, 0.15) is 0 Å². The zero-order chi connectivity index (χ0) is 8.04. The number of hydrogen-bond donors (Lipinski definition) is 2. The fraction of sp³-hybridized carbons (Fsp3) is 0.750. The van der Waals surface area contributed by atoms with Crippen molar-refractivity contribution >= 4 is 0 Å². The molecule has 0 saturated heterocycles. The molecule has 0 aromatic rings. The summed E-state index contributed by atoms with van der Waals surface area (Å²) in [6, 6.07) is 0. The van der Waals surface area contributed by atoms with E-state index >= 15 is 0 Å². The molecular formula is C8H16O2. The van der Waals surface area contributed by atoms with Gasteiger partial charge in [0.25, 0.3) is 0 Å². The predicted molar refractivity (Wildman–Crippen MR) is 41.8 cm³/mol. The van der Waals surface area contributed by atoms with Gasteiger partial charge in [-0.25, -0.2) is 0 Å². The Balaban J connectivity index is 3.92. The zero-order valence-corrected chi connectivity index (χ0v) is 6.67. The Morgan fingerprint density at radius 1 is 1.30 bits per heavy atom. The maximum atomic E-state index is 9.56. The monoisotopic (exact) mass is 144 g/mol. The first-order valence-corrected chi connectivity index (χ1v) is 3.69. The van der Waals surface area contributed by atoms with E-state index < -0.39 is 5.60 Å². The van der Waals surface area contributed by atoms with Crippen molar-refractivity contribution in [2.24, 2.45) is 0 Å². The molecule has 0 aliphatic rings. The molecule has 0 aromatic heterocycles. The molecule has 0 unspecified atom stereocenters. The second-order valence-corrected chi connectivity index (χ2v) is 2.40. The Labute approximate surface area is 62.2 Å². The molecule has 0 heterocycles. The minimum Gasteiger partial charge on any atom is -0.392 e. The Kier molecular flexibility index (Phi) is 4.32. The van der Waals surface area contributed by atoms with Crippen LogP contribution in [0.4, 0.5) is 0 Å². The summed E-state index contributed by atoms with van der Waals surface area (Å²) in [5.74, 6) is 0. The highest BCUT2D eigenvalue weighted by Crippen LogP contribution is 2.15. The van der Waals surface area contributed by atoms with Gasteiger partial charge in [-0.2, -0.15) is 0 Å². The van der Waals surface area contributed by atoms with Crippen molar-refractivity contribution in [1.82, 2.24) is 0 Å². The van der Waals surface area contributed by atoms with Gasteiger partial charge >= 0.3 is 0 Å². The molecule has 2 heteroatoms. The van der Waals surface area contributed by atoms with E-state index in [9.17, 15) is 5.11 Å². The van der Waals surface area contributed by atoms with Gasteiger partial charge in [-0.15, -0.1) is 0 Å². The average Bonchev–Trinajstić information content (AvgIpc) is 2.00. The smallest absolute Gasteiger partial charge is 0.0823 e. The lowest BCUT2D eigenvalue weighted by Crippen LogP contribution is -2.22. The lowest BCUT2D eigenvalue weighted by atomic mass is 9.97. The van der Waals surface area contributed by atoms with Crippen LogP contribution in [-0.2, 0) is 0 Å². The summed E-state index contributed by atoms with van der Waals surface area (Å²) in [5, 5.41) is 18.0. The summed E-state index contributed by atoms with van der Waals surface area (Å²) < 4.78 is 0. The van der Waals surface area contributed by atoms with Gasteiger partial charge < -0.3 is 10.2 Å². The lowest BCUT2D eigenvalue weighted by Gasteiger charge is -2.19. The minimum absolute atomic E-state index is 0.00229. The highest BCUT2D eigenvalue weighted by molar-refractivity contribution is 4.99. The number of aliphatic hydroxyl groups is 2. The highest BCUT2D eigenvalue weighted by Gasteiger charge is 2.16. The molecule has 0 bridgehead atoms. The van der Waals surface area contributed by atoms with Gasteiger partial charge in [0.05, 0.1) is 12.2 Å². The first-order chi connectivity index (χ1) is 4.68. The first-order valence-electron chi connectivity index (χ1n) is 3.69. The molecule has 2 N–H and O–H groups in total. The summed E-state index contributed by atoms with van der Waals surface area (Å²) in [6.07, 6.45) is 4.62. The van der Waals surface area contributed by atoms with Crippen LogP contribution < -0.4 is 0 Å². The van der Waals surface area contributed by atoms with Crippen LogP contribution in [0.3, 0.4) is 0 Å². The van der Waals surface area contributed by atoms with Crippen molar-refractivity contribution in [3.63, 3.8) is 0 Å². The van der Waals surface area contributed by atoms with Crippen molar-refractivity contribution in [1.29, 1.82) is 0 Å². The van der Waals surface area contributed by atoms with Crippen LogP contribution in [-0.4, -0.2) is 22.4 Å². The maximum Gasteiger partial charge on any atom is 0.0823 e. The van der Waals surface area contributed by atoms with E-state index in [0.717, 1.165) is 0 Å². The fourth-order valence-corrected chi connectivity index (χ4v) is 0.758. The largest absolute Gasteiger partial charge is 0.392 e. The zero-order valence-electron chi connectivity index (χ0n) is 6.67. The molecule has 0 aliphatic carbocycles. The summed E-state index contributed by atoms with van der Waals surface area (Å²) in [7, 11) is 0. The molecular weight excluding hydrogens is 128 g/mol. The molecule has 0 aliphatic heterocycles. The van der Waals surface area contributed by atoms with Crippen LogP contribution in [0.1, 0.15) is 26.7 Å². The fourth-order valence-electron chi connectivity index (χ4n) is 0.758. The summed E-state index contributed by atoms with van der Waals surface area (Å²) >= 11 is 0. The van der Waals surface area contributed by atoms with E-state index in [2.05, 4.69) is 0 Å². The van der Waals surface area contributed by atoms with Gasteiger partial charge in [-0.1, -0.05) is 26.0 Å². The molecule has 0 aromatic carbocycles. The SMILES string of the molecule is CCC(O)(/C=C/CO)CC. The Morgan fingerprint density at radius 3 is 2.10 bits per heavy atom. The van der Waals surface area contributed by atoms with Gasteiger partial charge in [-0.3, -0.25) is 0 Å². The van der Waals surface area contributed by atoms with Crippen molar-refractivity contribution < 1.29 is 10.2 Å². The molecule has 0 spiro atoms. The number of rotatable bonds is 4. The van der Waals surface area contributed by atoms with E-state index in [1.807, 2.05) is 13.8 Å². The summed E-state index contributed by atoms with van der Waals surface area (Å²) in [5.41, 5.74) is -0.706. The van der Waals surface area contributed by atoms with Crippen molar-refractivity contribution in [3.05, 3.63) is 12.2 Å². The van der Waals surface area contributed by atoms with Crippen LogP contribution >= 0.6 is 0 Å².